The molecule has 2 rings (SSSR count). The van der Waals surface area contributed by atoms with Crippen LogP contribution in [0.2, 0.25) is 0 Å². The maximum atomic E-state index is 4.26. The number of nitrogens with zero attached hydrogens (tertiary/aromatic N) is 1. The van der Waals surface area contributed by atoms with E-state index in [4.69, 9.17) is 0 Å². The summed E-state index contributed by atoms with van der Waals surface area (Å²) in [5, 5.41) is 3.14. The number of halogens is 1. The number of hydrogen-bond donors (Lipinski definition) is 1. The molecule has 2 aliphatic heterocycles. The van der Waals surface area contributed by atoms with Gasteiger partial charge in [0.25, 0.3) is 0 Å². The number of amidine groups is 1. The summed E-state index contributed by atoms with van der Waals surface area (Å²) in [6.07, 6.45) is 9.86. The second-order valence-corrected chi connectivity index (χ2v) is 3.60. The van der Waals surface area contributed by atoms with Gasteiger partial charge in [-0.3, -0.25) is 0 Å². The van der Waals surface area contributed by atoms with Gasteiger partial charge in [-0.25, -0.2) is 4.99 Å². The van der Waals surface area contributed by atoms with Crippen molar-refractivity contribution in [2.75, 3.05) is 0 Å². The van der Waals surface area contributed by atoms with Crippen LogP contribution in [0.4, 0.5) is 0 Å². The summed E-state index contributed by atoms with van der Waals surface area (Å²) in [7, 11) is 0. The molecule has 0 aromatic heterocycles. The van der Waals surface area contributed by atoms with Crippen LogP contribution in [0.3, 0.4) is 0 Å². The summed E-state index contributed by atoms with van der Waals surface area (Å²) in [6, 6.07) is 0. The average Bonchev–Trinajstić information content (AvgIpc) is 2.23. The normalized spacial score (nSPS) is 34.2. The second-order valence-electron chi connectivity index (χ2n) is 2.74. The maximum absolute atomic E-state index is 4.26. The minimum absolute atomic E-state index is 0.988. The third-order valence-electron chi connectivity index (χ3n) is 1.92. The van der Waals surface area contributed by atoms with Gasteiger partial charge in [0.05, 0.1) is 0 Å². The number of hydrogen-bond acceptors (Lipinski definition) is 2. The lowest BCUT2D eigenvalue weighted by Gasteiger charge is -2.04. The van der Waals surface area contributed by atoms with Gasteiger partial charge in [0.2, 0.25) is 0 Å². The Balaban J connectivity index is 2.47. The first-order valence-electron chi connectivity index (χ1n) is 3.91. The van der Waals surface area contributed by atoms with E-state index in [-0.39, 0.29) is 0 Å². The molecule has 0 aromatic rings. The van der Waals surface area contributed by atoms with E-state index in [9.17, 15) is 0 Å². The summed E-state index contributed by atoms with van der Waals surface area (Å²) >= 11 is 3.50. The molecule has 2 bridgehead atoms. The molecule has 0 amide bonds. The van der Waals surface area contributed by atoms with E-state index in [2.05, 4.69) is 32.3 Å². The summed E-state index contributed by atoms with van der Waals surface area (Å²) in [5.41, 5.74) is 1.32. The largest absolute Gasteiger partial charge is 0.350 e. The van der Waals surface area contributed by atoms with Crippen molar-refractivity contribution in [2.45, 2.75) is 12.8 Å². The van der Waals surface area contributed by atoms with E-state index in [1.807, 2.05) is 18.5 Å². The molecular formula is C9H9BrN2. The Labute approximate surface area is 79.9 Å². The van der Waals surface area contributed by atoms with Gasteiger partial charge in [0.15, 0.2) is 0 Å². The molecule has 2 nitrogen and oxygen atoms in total. The molecule has 0 unspecified atom stereocenters. The molecule has 0 aliphatic carbocycles. The fraction of sp³-hybridized carbons (Fsp3) is 0.222. The van der Waals surface area contributed by atoms with Crippen molar-refractivity contribution in [3.63, 3.8) is 0 Å². The zero-order valence-electron chi connectivity index (χ0n) is 6.55. The van der Waals surface area contributed by atoms with Crippen molar-refractivity contribution < 1.29 is 0 Å². The smallest absolute Gasteiger partial charge is 0.106 e. The van der Waals surface area contributed by atoms with Crippen LogP contribution < -0.4 is 5.32 Å². The first-order valence-corrected chi connectivity index (χ1v) is 4.70. The molecule has 0 saturated heterocycles. The Morgan fingerprint density at radius 3 is 3.17 bits per heavy atom. The molecule has 12 heavy (non-hydrogen) atoms. The quantitative estimate of drug-likeness (QED) is 0.672. The zero-order chi connectivity index (χ0) is 8.39. The van der Waals surface area contributed by atoms with Crippen LogP contribution in [0.15, 0.2) is 39.6 Å². The van der Waals surface area contributed by atoms with Crippen molar-refractivity contribution >= 4 is 21.8 Å². The van der Waals surface area contributed by atoms with Gasteiger partial charge in [-0.15, -0.1) is 0 Å². The van der Waals surface area contributed by atoms with E-state index in [1.54, 1.807) is 0 Å². The van der Waals surface area contributed by atoms with Gasteiger partial charge in [-0.2, -0.15) is 0 Å². The molecular weight excluding hydrogens is 216 g/mol. The van der Waals surface area contributed by atoms with Gasteiger partial charge < -0.3 is 5.32 Å². The molecule has 0 atom stereocenters. The Morgan fingerprint density at radius 1 is 1.33 bits per heavy atom. The third kappa shape index (κ3) is 1.50. The number of aliphatic imine (C=N–C) groups is 1. The van der Waals surface area contributed by atoms with Crippen LogP contribution in [0, 0.1) is 0 Å². The van der Waals surface area contributed by atoms with Crippen LogP contribution >= 0.6 is 15.9 Å². The number of nitrogens with one attached hydrogen (secondary N) is 1. The van der Waals surface area contributed by atoms with E-state index < -0.39 is 0 Å². The Kier molecular flexibility index (Phi) is 2.13. The Bertz CT molecular complexity index is 310. The summed E-state index contributed by atoms with van der Waals surface area (Å²) in [5.74, 6) is 1.04. The fourth-order valence-corrected chi connectivity index (χ4v) is 1.70. The molecule has 0 radical (unpaired) electrons. The second kappa shape index (κ2) is 3.27. The summed E-state index contributed by atoms with van der Waals surface area (Å²) < 4.78 is 1.13. The SMILES string of the molecule is BrC1=C2/C=CN\C(=N/C=C\1)CC2. The Morgan fingerprint density at radius 2 is 2.25 bits per heavy atom. The highest BCUT2D eigenvalue weighted by molar-refractivity contribution is 9.11. The zero-order valence-corrected chi connectivity index (χ0v) is 8.13. The predicted octanol–water partition coefficient (Wildman–Crippen LogP) is 2.46. The highest BCUT2D eigenvalue weighted by atomic mass is 79.9. The molecule has 62 valence electrons. The standard InChI is InChI=1S/C9H9BrN2/c10-8-4-6-12-9-2-1-7(8)3-5-11-9/h3-6H,1-2H2,(H,11,12)/b6-4-,8-7+. The summed E-state index contributed by atoms with van der Waals surface area (Å²) in [6.45, 7) is 0. The lowest BCUT2D eigenvalue weighted by molar-refractivity contribution is 1.02. The van der Waals surface area contributed by atoms with Crippen LogP contribution in [-0.2, 0) is 0 Å². The van der Waals surface area contributed by atoms with Gasteiger partial charge in [0.1, 0.15) is 5.84 Å². The molecule has 2 heterocycles. The fourth-order valence-electron chi connectivity index (χ4n) is 1.25. The molecule has 1 N–H and O–H groups in total. The van der Waals surface area contributed by atoms with Crippen molar-refractivity contribution in [3.8, 4) is 0 Å². The van der Waals surface area contributed by atoms with Gasteiger partial charge >= 0.3 is 0 Å². The van der Waals surface area contributed by atoms with Crippen LogP contribution in [-0.4, -0.2) is 5.84 Å². The van der Waals surface area contributed by atoms with Crippen molar-refractivity contribution in [1.29, 1.82) is 0 Å². The molecule has 0 aromatic carbocycles. The number of allylic oxidation sites excluding steroid dienone is 4. The summed E-state index contributed by atoms with van der Waals surface area (Å²) in [4.78, 5) is 4.26. The van der Waals surface area contributed by atoms with Gasteiger partial charge in [-0.05, 0) is 24.1 Å². The topological polar surface area (TPSA) is 24.4 Å². The number of rotatable bonds is 0. The van der Waals surface area contributed by atoms with Gasteiger partial charge in [-0.1, -0.05) is 15.9 Å². The Hall–Kier alpha value is -0.830. The minimum Gasteiger partial charge on any atom is -0.350 e. The van der Waals surface area contributed by atoms with Gasteiger partial charge in [0, 0.05) is 23.3 Å². The van der Waals surface area contributed by atoms with E-state index in [0.29, 0.717) is 0 Å². The predicted molar refractivity (Wildman–Crippen MR) is 54.0 cm³/mol. The highest BCUT2D eigenvalue weighted by Gasteiger charge is 2.07. The molecule has 0 spiro atoms. The van der Waals surface area contributed by atoms with Crippen molar-refractivity contribution in [2.24, 2.45) is 4.99 Å². The molecule has 0 saturated carbocycles. The van der Waals surface area contributed by atoms with E-state index in [1.165, 1.54) is 5.57 Å². The lowest BCUT2D eigenvalue weighted by atomic mass is 10.1. The maximum Gasteiger partial charge on any atom is 0.106 e. The molecule has 2 aliphatic rings. The van der Waals surface area contributed by atoms with Crippen LogP contribution in [0.1, 0.15) is 12.8 Å². The third-order valence-corrected chi connectivity index (χ3v) is 2.70. The van der Waals surface area contributed by atoms with Crippen LogP contribution in [0.25, 0.3) is 0 Å². The van der Waals surface area contributed by atoms with Crippen molar-refractivity contribution in [1.82, 2.24) is 5.32 Å². The lowest BCUT2D eigenvalue weighted by Crippen LogP contribution is -2.15. The number of fused-ring (bicyclic) bond motifs is 3. The monoisotopic (exact) mass is 224 g/mol. The first kappa shape index (κ1) is 7.80. The van der Waals surface area contributed by atoms with E-state index in [0.717, 1.165) is 23.2 Å². The van der Waals surface area contributed by atoms with Crippen LogP contribution in [0.5, 0.6) is 0 Å². The first-order chi connectivity index (χ1) is 5.86. The minimum atomic E-state index is 0.988. The molecule has 0 fully saturated rings. The molecule has 3 heteroatoms. The van der Waals surface area contributed by atoms with Crippen molar-refractivity contribution in [3.05, 3.63) is 34.6 Å². The average molecular weight is 225 g/mol. The highest BCUT2D eigenvalue weighted by Crippen LogP contribution is 2.22. The van der Waals surface area contributed by atoms with E-state index >= 15 is 0 Å².